The molecular weight excluding hydrogens is 384 g/mol. The Morgan fingerprint density at radius 1 is 1.34 bits per heavy atom. The van der Waals surface area contributed by atoms with E-state index in [1.54, 1.807) is 0 Å². The van der Waals surface area contributed by atoms with Crippen LogP contribution in [0.2, 0.25) is 0 Å². The van der Waals surface area contributed by atoms with Crippen molar-refractivity contribution in [3.63, 3.8) is 0 Å². The molecule has 1 aromatic heterocycles. The monoisotopic (exact) mass is 420 g/mol. The van der Waals surface area contributed by atoms with Gasteiger partial charge in [-0.25, -0.2) is 4.98 Å². The van der Waals surface area contributed by atoms with E-state index >= 15 is 0 Å². The van der Waals surface area contributed by atoms with Crippen molar-refractivity contribution >= 4 is 17.7 Å². The van der Waals surface area contributed by atoms with Gasteiger partial charge in [-0.3, -0.25) is 9.89 Å². The van der Waals surface area contributed by atoms with Crippen molar-refractivity contribution in [3.05, 3.63) is 18.7 Å². The number of rotatable bonds is 5. The second-order valence-corrected chi connectivity index (χ2v) is 9.69. The third-order valence-electron chi connectivity index (χ3n) is 6.75. The highest BCUT2D eigenvalue weighted by molar-refractivity contribution is 7.99. The van der Waals surface area contributed by atoms with Gasteiger partial charge < -0.3 is 19.5 Å². The van der Waals surface area contributed by atoms with E-state index in [9.17, 15) is 0 Å². The van der Waals surface area contributed by atoms with Crippen molar-refractivity contribution in [2.45, 2.75) is 38.3 Å². The number of nitrogens with one attached hydrogen (secondary N) is 1. The Bertz CT molecular complexity index is 654. The predicted octanol–water partition coefficient (Wildman–Crippen LogP) is 1.94. The molecule has 4 rings (SSSR count). The molecule has 8 heteroatoms. The largest absolute Gasteiger partial charge is 0.379 e. The van der Waals surface area contributed by atoms with Gasteiger partial charge in [-0.2, -0.15) is 11.8 Å². The second kappa shape index (κ2) is 9.71. The summed E-state index contributed by atoms with van der Waals surface area (Å²) in [6, 6.07) is 0.449. The number of ether oxygens (including phenoxy) is 1. The van der Waals surface area contributed by atoms with Gasteiger partial charge in [-0.1, -0.05) is 6.92 Å². The van der Waals surface area contributed by atoms with E-state index in [0.717, 1.165) is 58.4 Å². The van der Waals surface area contributed by atoms with Crippen LogP contribution in [0.1, 0.15) is 32.7 Å². The first-order chi connectivity index (χ1) is 14.2. The van der Waals surface area contributed by atoms with E-state index in [0.29, 0.717) is 12.0 Å². The molecule has 0 amide bonds. The Kier molecular flexibility index (Phi) is 7.03. The van der Waals surface area contributed by atoms with Gasteiger partial charge in [0, 0.05) is 50.9 Å². The van der Waals surface area contributed by atoms with Crippen LogP contribution in [-0.2, 0) is 4.74 Å². The number of imidazole rings is 1. The number of hydrogen-bond donors (Lipinski definition) is 1. The Hall–Kier alpha value is -1.25. The lowest BCUT2D eigenvalue weighted by molar-refractivity contribution is -0.0105. The van der Waals surface area contributed by atoms with E-state index < -0.39 is 0 Å². The van der Waals surface area contributed by atoms with E-state index in [4.69, 9.17) is 9.73 Å². The van der Waals surface area contributed by atoms with Crippen LogP contribution < -0.4 is 5.32 Å². The number of piperidine rings is 1. The highest BCUT2D eigenvalue weighted by Gasteiger charge is 2.41. The van der Waals surface area contributed by atoms with Crippen LogP contribution >= 0.6 is 11.8 Å². The van der Waals surface area contributed by atoms with Crippen LogP contribution in [0, 0.1) is 5.92 Å². The number of aromatic nitrogens is 2. The molecule has 0 bridgehead atoms. The van der Waals surface area contributed by atoms with Crippen molar-refractivity contribution in [3.8, 4) is 0 Å². The van der Waals surface area contributed by atoms with E-state index in [2.05, 4.69) is 56.5 Å². The lowest BCUT2D eigenvalue weighted by Crippen LogP contribution is -2.56. The summed E-state index contributed by atoms with van der Waals surface area (Å²) in [6.45, 7) is 12.1. The van der Waals surface area contributed by atoms with Crippen molar-refractivity contribution in [1.82, 2.24) is 24.7 Å². The first-order valence-electron chi connectivity index (χ1n) is 11.1. The molecule has 3 fully saturated rings. The lowest BCUT2D eigenvalue weighted by Gasteiger charge is -2.43. The van der Waals surface area contributed by atoms with Crippen LogP contribution in [0.4, 0.5) is 0 Å². The molecule has 4 heterocycles. The fraction of sp³-hybridized carbons (Fsp3) is 0.810. The molecule has 3 saturated heterocycles. The minimum atomic E-state index is 0.196. The molecule has 1 N–H and O–H groups in total. The fourth-order valence-corrected chi connectivity index (χ4v) is 6.32. The molecule has 3 aliphatic heterocycles. The third-order valence-corrected chi connectivity index (χ3v) is 7.98. The number of hydrogen-bond acceptors (Lipinski definition) is 5. The number of guanidine groups is 1. The standard InChI is InChI=1S/C21H36N6OS/c1-3-23-20(25-7-4-18(2)19(14-25)26-8-6-22-17-26)24-15-21(5-13-29-16-21)27-9-11-28-12-10-27/h6,8,17-19H,3-5,7,9-16H2,1-2H3,(H,23,24). The van der Waals surface area contributed by atoms with Gasteiger partial charge in [-0.15, -0.1) is 0 Å². The number of aliphatic imine (C=N–C) groups is 1. The summed E-state index contributed by atoms with van der Waals surface area (Å²) in [5.41, 5.74) is 0.196. The Morgan fingerprint density at radius 2 is 2.21 bits per heavy atom. The number of thioether (sulfide) groups is 1. The Morgan fingerprint density at radius 3 is 2.90 bits per heavy atom. The Labute approximate surface area is 179 Å². The molecule has 3 atom stereocenters. The van der Waals surface area contributed by atoms with Gasteiger partial charge in [0.1, 0.15) is 0 Å². The quantitative estimate of drug-likeness (QED) is 0.580. The maximum absolute atomic E-state index is 5.61. The van der Waals surface area contributed by atoms with Crippen molar-refractivity contribution in [2.24, 2.45) is 10.9 Å². The molecule has 0 saturated carbocycles. The molecule has 0 radical (unpaired) electrons. The molecule has 3 aliphatic rings. The van der Waals surface area contributed by atoms with Gasteiger partial charge in [0.2, 0.25) is 0 Å². The molecule has 7 nitrogen and oxygen atoms in total. The van der Waals surface area contributed by atoms with E-state index in [-0.39, 0.29) is 5.54 Å². The van der Waals surface area contributed by atoms with Crippen molar-refractivity contribution in [1.29, 1.82) is 0 Å². The highest BCUT2D eigenvalue weighted by atomic mass is 32.2. The topological polar surface area (TPSA) is 57.9 Å². The minimum Gasteiger partial charge on any atom is -0.379 e. The average molecular weight is 421 g/mol. The average Bonchev–Trinajstić information content (AvgIpc) is 3.45. The van der Waals surface area contributed by atoms with Crippen LogP contribution in [0.25, 0.3) is 0 Å². The number of likely N-dealkylation sites (tertiary alicyclic amines) is 1. The summed E-state index contributed by atoms with van der Waals surface area (Å²) in [7, 11) is 0. The molecule has 162 valence electrons. The van der Waals surface area contributed by atoms with Gasteiger partial charge >= 0.3 is 0 Å². The van der Waals surface area contributed by atoms with Crippen LogP contribution in [0.5, 0.6) is 0 Å². The zero-order valence-corrected chi connectivity index (χ0v) is 18.7. The summed E-state index contributed by atoms with van der Waals surface area (Å²) in [5, 5.41) is 3.58. The highest BCUT2D eigenvalue weighted by Crippen LogP contribution is 2.34. The summed E-state index contributed by atoms with van der Waals surface area (Å²) < 4.78 is 7.88. The number of nitrogens with zero attached hydrogens (tertiary/aromatic N) is 5. The molecule has 1 aromatic rings. The second-order valence-electron chi connectivity index (χ2n) is 8.59. The molecular formula is C21H36N6OS. The van der Waals surface area contributed by atoms with Gasteiger partial charge in [0.15, 0.2) is 5.96 Å². The van der Waals surface area contributed by atoms with E-state index in [1.165, 1.54) is 24.3 Å². The molecule has 0 aliphatic carbocycles. The smallest absolute Gasteiger partial charge is 0.194 e. The lowest BCUT2D eigenvalue weighted by atomic mass is 9.93. The Balaban J connectivity index is 1.49. The third kappa shape index (κ3) is 4.75. The zero-order chi connectivity index (χ0) is 20.1. The van der Waals surface area contributed by atoms with Gasteiger partial charge in [0.05, 0.1) is 37.7 Å². The van der Waals surface area contributed by atoms with Gasteiger partial charge in [0.25, 0.3) is 0 Å². The van der Waals surface area contributed by atoms with Crippen molar-refractivity contribution in [2.75, 3.05) is 64.0 Å². The first-order valence-corrected chi connectivity index (χ1v) is 12.3. The predicted molar refractivity (Wildman–Crippen MR) is 120 cm³/mol. The van der Waals surface area contributed by atoms with Crippen molar-refractivity contribution < 1.29 is 4.74 Å². The maximum atomic E-state index is 5.61. The maximum Gasteiger partial charge on any atom is 0.194 e. The number of morpholine rings is 1. The van der Waals surface area contributed by atoms with Crippen LogP contribution in [-0.4, -0.2) is 94.8 Å². The minimum absolute atomic E-state index is 0.196. The summed E-state index contributed by atoms with van der Waals surface area (Å²) in [6.07, 6.45) is 8.34. The van der Waals surface area contributed by atoms with Crippen LogP contribution in [0.15, 0.2) is 23.7 Å². The summed E-state index contributed by atoms with van der Waals surface area (Å²) in [5.74, 6) is 4.15. The molecule has 29 heavy (non-hydrogen) atoms. The first kappa shape index (κ1) is 21.0. The SMILES string of the molecule is CCNC(=NCC1(N2CCOCC2)CCSC1)N1CCC(C)C(n2ccnc2)C1. The zero-order valence-electron chi connectivity index (χ0n) is 17.9. The van der Waals surface area contributed by atoms with E-state index in [1.807, 2.05) is 12.5 Å². The fourth-order valence-electron chi connectivity index (χ4n) is 4.85. The molecule has 0 aromatic carbocycles. The van der Waals surface area contributed by atoms with Gasteiger partial charge in [-0.05, 0) is 31.4 Å². The summed E-state index contributed by atoms with van der Waals surface area (Å²) in [4.78, 5) is 14.6. The van der Waals surface area contributed by atoms with Crippen LogP contribution in [0.3, 0.4) is 0 Å². The summed E-state index contributed by atoms with van der Waals surface area (Å²) >= 11 is 2.08. The molecule has 3 unspecified atom stereocenters. The normalized spacial score (nSPS) is 31.9. The molecule has 0 spiro atoms.